The Hall–Kier alpha value is -3.26. The predicted molar refractivity (Wildman–Crippen MR) is 124 cm³/mol. The molecular formula is C24H30N4O4. The molecule has 0 radical (unpaired) electrons. The highest BCUT2D eigenvalue weighted by Gasteiger charge is 2.27. The van der Waals surface area contributed by atoms with Crippen LogP contribution in [0.1, 0.15) is 37.3 Å². The van der Waals surface area contributed by atoms with E-state index < -0.39 is 0 Å². The van der Waals surface area contributed by atoms with Crippen LogP contribution in [-0.2, 0) is 0 Å². The van der Waals surface area contributed by atoms with Gasteiger partial charge >= 0.3 is 6.03 Å². The van der Waals surface area contributed by atoms with Gasteiger partial charge in [0.1, 0.15) is 0 Å². The third-order valence-corrected chi connectivity index (χ3v) is 6.12. The number of likely N-dealkylation sites (tertiary alicyclic amines) is 1. The number of hydrogen-bond acceptors (Lipinski definition) is 6. The number of nitrogens with one attached hydrogen (secondary N) is 1. The van der Waals surface area contributed by atoms with Crippen molar-refractivity contribution in [1.82, 2.24) is 15.2 Å². The van der Waals surface area contributed by atoms with Crippen molar-refractivity contribution < 1.29 is 19.4 Å². The first-order chi connectivity index (χ1) is 15.4. The predicted octanol–water partition coefficient (Wildman–Crippen LogP) is 3.09. The molecule has 1 fully saturated rings. The number of hydrogen-bond donors (Lipinski definition) is 2. The van der Waals surface area contributed by atoms with Gasteiger partial charge in [-0.1, -0.05) is 6.08 Å². The molecule has 2 N–H and O–H groups in total. The molecule has 1 aromatic rings. The number of β-amino-alcohol motifs (C(OH)–C–C–N with tert-alkyl or cyclic N) is 1. The molecule has 2 amide bonds. The Morgan fingerprint density at radius 3 is 2.53 bits per heavy atom. The smallest absolute Gasteiger partial charge is 0.342 e. The van der Waals surface area contributed by atoms with Crippen LogP contribution < -0.4 is 14.8 Å². The van der Waals surface area contributed by atoms with Crippen molar-refractivity contribution in [3.05, 3.63) is 52.4 Å². The number of allylic oxidation sites excluding steroid dienone is 5. The average molecular weight is 439 g/mol. The number of carbonyl (C=O) groups excluding carboxylic acids is 1. The highest BCUT2D eigenvalue weighted by molar-refractivity contribution is 6.16. The zero-order valence-electron chi connectivity index (χ0n) is 19.0. The minimum Gasteiger partial charge on any atom is -0.493 e. The highest BCUT2D eigenvalue weighted by Crippen LogP contribution is 2.36. The number of aliphatic hydroxyl groups excluding tert-OH is 1. The minimum absolute atomic E-state index is 0.253. The molecule has 0 saturated carbocycles. The number of nitrogens with zero attached hydrogens (tertiary/aromatic N) is 3. The van der Waals surface area contributed by atoms with Crippen LogP contribution in [0.25, 0.3) is 6.08 Å². The summed E-state index contributed by atoms with van der Waals surface area (Å²) in [5.74, 6) is 1.23. The molecule has 1 aromatic carbocycles. The maximum Gasteiger partial charge on any atom is 0.342 e. The summed E-state index contributed by atoms with van der Waals surface area (Å²) in [5.41, 5.74) is 5.49. The van der Waals surface area contributed by atoms with Crippen molar-refractivity contribution in [2.75, 3.05) is 34.4 Å². The second-order valence-electron chi connectivity index (χ2n) is 8.13. The molecule has 32 heavy (non-hydrogen) atoms. The van der Waals surface area contributed by atoms with Crippen molar-refractivity contribution >= 4 is 17.8 Å². The Morgan fingerprint density at radius 2 is 1.94 bits per heavy atom. The van der Waals surface area contributed by atoms with Gasteiger partial charge in [0.05, 0.1) is 26.0 Å². The first kappa shape index (κ1) is 22.0. The van der Waals surface area contributed by atoms with E-state index in [0.717, 1.165) is 48.2 Å². The lowest BCUT2D eigenvalue weighted by atomic mass is 9.91. The molecular weight excluding hydrogens is 408 g/mol. The number of aliphatic hydroxyl groups is 1. The van der Waals surface area contributed by atoms with E-state index >= 15 is 0 Å². The lowest BCUT2D eigenvalue weighted by Crippen LogP contribution is -2.33. The normalized spacial score (nSPS) is 20.5. The van der Waals surface area contributed by atoms with Crippen LogP contribution in [0, 0.1) is 0 Å². The van der Waals surface area contributed by atoms with E-state index in [9.17, 15) is 9.90 Å². The topological polar surface area (TPSA) is 86.6 Å². The van der Waals surface area contributed by atoms with E-state index in [2.05, 4.69) is 22.4 Å². The maximum absolute atomic E-state index is 12.6. The Labute approximate surface area is 188 Å². The largest absolute Gasteiger partial charge is 0.493 e. The molecule has 2 aliphatic heterocycles. The van der Waals surface area contributed by atoms with Gasteiger partial charge in [-0.15, -0.1) is 0 Å². The Balaban J connectivity index is 1.80. The summed E-state index contributed by atoms with van der Waals surface area (Å²) in [6.07, 6.45) is 8.30. The van der Waals surface area contributed by atoms with Crippen molar-refractivity contribution in [2.45, 2.75) is 32.3 Å². The van der Waals surface area contributed by atoms with Gasteiger partial charge in [-0.2, -0.15) is 10.1 Å². The lowest BCUT2D eigenvalue weighted by Gasteiger charge is -2.25. The molecule has 1 atom stereocenters. The number of ether oxygens (including phenoxy) is 2. The van der Waals surface area contributed by atoms with E-state index in [1.54, 1.807) is 21.3 Å². The molecule has 8 nitrogen and oxygen atoms in total. The monoisotopic (exact) mass is 438 g/mol. The quantitative estimate of drug-likeness (QED) is 0.755. The zero-order valence-corrected chi connectivity index (χ0v) is 19.0. The number of rotatable bonds is 4. The molecule has 3 aliphatic rings. The number of carbonyl (C=O) groups is 1. The van der Waals surface area contributed by atoms with Crippen molar-refractivity contribution in [2.24, 2.45) is 5.10 Å². The van der Waals surface area contributed by atoms with Gasteiger partial charge in [0, 0.05) is 37.1 Å². The molecule has 170 valence electrons. The summed E-state index contributed by atoms with van der Waals surface area (Å²) < 4.78 is 11.0. The maximum atomic E-state index is 12.6. The highest BCUT2D eigenvalue weighted by atomic mass is 16.5. The Kier molecular flexibility index (Phi) is 6.23. The van der Waals surface area contributed by atoms with Crippen LogP contribution in [0.2, 0.25) is 0 Å². The zero-order chi connectivity index (χ0) is 22.8. The average Bonchev–Trinajstić information content (AvgIpc) is 3.19. The molecule has 0 spiro atoms. The van der Waals surface area contributed by atoms with Crippen molar-refractivity contribution in [1.29, 1.82) is 0 Å². The van der Waals surface area contributed by atoms with Gasteiger partial charge in [0.2, 0.25) is 0 Å². The number of benzene rings is 1. The molecule has 8 heteroatoms. The van der Waals surface area contributed by atoms with E-state index in [4.69, 9.17) is 14.6 Å². The van der Waals surface area contributed by atoms with Crippen LogP contribution in [0.15, 0.2) is 46.4 Å². The first-order valence-corrected chi connectivity index (χ1v) is 10.8. The fourth-order valence-corrected chi connectivity index (χ4v) is 4.38. The molecule has 1 unspecified atom stereocenters. The number of fused-ring (bicyclic) bond motifs is 1. The van der Waals surface area contributed by atoms with Gasteiger partial charge < -0.3 is 24.8 Å². The van der Waals surface area contributed by atoms with Gasteiger partial charge in [-0.05, 0) is 61.6 Å². The van der Waals surface area contributed by atoms with Gasteiger partial charge in [-0.3, -0.25) is 0 Å². The van der Waals surface area contributed by atoms with Crippen LogP contribution in [0.5, 0.6) is 11.5 Å². The van der Waals surface area contributed by atoms with Crippen LogP contribution >= 0.6 is 0 Å². The van der Waals surface area contributed by atoms with Gasteiger partial charge in [0.15, 0.2) is 11.5 Å². The van der Waals surface area contributed by atoms with Crippen molar-refractivity contribution in [3.63, 3.8) is 0 Å². The molecule has 2 heterocycles. The third-order valence-electron chi connectivity index (χ3n) is 6.12. The number of methoxy groups -OCH3 is 2. The summed E-state index contributed by atoms with van der Waals surface area (Å²) in [5, 5.41) is 18.7. The van der Waals surface area contributed by atoms with Gasteiger partial charge in [0.25, 0.3) is 0 Å². The second kappa shape index (κ2) is 9.08. The summed E-state index contributed by atoms with van der Waals surface area (Å²) in [6, 6.07) is 3.53. The molecule has 4 rings (SSSR count). The molecule has 1 aliphatic carbocycles. The number of hydrazone groups is 1. The lowest BCUT2D eigenvalue weighted by molar-refractivity contribution is 0.183. The standard InChI is InChI=1S/C24H30N4O4/c1-15-11-17-12-21(31-3)22(32-4)13-20(17)23(26-28(15)24(30)25-2)16-5-7-18(8-6-16)27-10-9-19(29)14-27/h5,7,11-13,19,29H,6,8-10,14H2,1-4H3,(H,25,30). The minimum atomic E-state index is -0.304. The summed E-state index contributed by atoms with van der Waals surface area (Å²) >= 11 is 0. The van der Waals surface area contributed by atoms with Crippen molar-refractivity contribution in [3.8, 4) is 11.5 Å². The van der Waals surface area contributed by atoms with E-state index in [1.807, 2.05) is 25.1 Å². The van der Waals surface area contributed by atoms with Crippen LogP contribution in [-0.4, -0.2) is 67.2 Å². The Bertz CT molecular complexity index is 1040. The molecule has 1 saturated heterocycles. The summed E-state index contributed by atoms with van der Waals surface area (Å²) in [6.45, 7) is 3.42. The second-order valence-corrected chi connectivity index (χ2v) is 8.13. The van der Waals surface area contributed by atoms with Crippen LogP contribution in [0.3, 0.4) is 0 Å². The number of amides is 2. The van der Waals surface area contributed by atoms with E-state index in [1.165, 1.54) is 10.7 Å². The molecule has 0 aromatic heterocycles. The fraction of sp³-hybridized carbons (Fsp3) is 0.417. The van der Waals surface area contributed by atoms with Crippen LogP contribution in [0.4, 0.5) is 4.79 Å². The summed E-state index contributed by atoms with van der Waals surface area (Å²) in [4.78, 5) is 14.8. The SMILES string of the molecule is CNC(=O)N1N=C(C2=CC=C(N3CCC(O)C3)CC2)c2cc(OC)c(OC)cc2C=C1C. The third kappa shape index (κ3) is 4.10. The summed E-state index contributed by atoms with van der Waals surface area (Å²) in [7, 11) is 4.80. The van der Waals surface area contributed by atoms with E-state index in [-0.39, 0.29) is 12.1 Å². The first-order valence-electron chi connectivity index (χ1n) is 10.8. The fourth-order valence-electron chi connectivity index (χ4n) is 4.38. The Morgan fingerprint density at radius 1 is 1.19 bits per heavy atom. The van der Waals surface area contributed by atoms with E-state index in [0.29, 0.717) is 23.7 Å². The van der Waals surface area contributed by atoms with Gasteiger partial charge in [-0.25, -0.2) is 4.79 Å². The molecule has 0 bridgehead atoms. The number of urea groups is 1.